The van der Waals surface area contributed by atoms with Crippen molar-refractivity contribution in [1.82, 2.24) is 15.6 Å². The van der Waals surface area contributed by atoms with Crippen LogP contribution in [-0.2, 0) is 9.53 Å². The van der Waals surface area contributed by atoms with Crippen molar-refractivity contribution < 1.29 is 9.53 Å². The molecule has 0 saturated heterocycles. The lowest BCUT2D eigenvalue weighted by Crippen LogP contribution is -2.44. The number of carbonyl (C=O) groups is 1. The van der Waals surface area contributed by atoms with E-state index in [4.69, 9.17) is 4.74 Å². The molecule has 1 aromatic rings. The summed E-state index contributed by atoms with van der Waals surface area (Å²) in [5.74, 6) is 1.12. The number of ether oxygens (including phenoxy) is 1. The molecule has 0 aliphatic heterocycles. The first-order valence-corrected chi connectivity index (χ1v) is 7.24. The molecule has 0 aliphatic carbocycles. The van der Waals surface area contributed by atoms with E-state index in [9.17, 15) is 4.79 Å². The van der Waals surface area contributed by atoms with Crippen LogP contribution in [0, 0.1) is 6.92 Å². The molecule has 1 aromatic heterocycles. The summed E-state index contributed by atoms with van der Waals surface area (Å²) in [5.41, 5.74) is 0.868. The molecule has 8 heteroatoms. The van der Waals surface area contributed by atoms with Gasteiger partial charge < -0.3 is 20.7 Å². The Hall–Kier alpha value is -1.42. The largest absolute Gasteiger partial charge is 0.383 e. The number of aliphatic imine (C=N–C) groups is 1. The van der Waals surface area contributed by atoms with Crippen LogP contribution in [0.5, 0.6) is 0 Å². The van der Waals surface area contributed by atoms with Crippen molar-refractivity contribution in [2.45, 2.75) is 26.3 Å². The number of nitrogens with zero attached hydrogens (tertiary/aromatic N) is 2. The monoisotopic (exact) mass is 435 g/mol. The number of guanidine groups is 1. The van der Waals surface area contributed by atoms with Crippen molar-refractivity contribution in [3.05, 3.63) is 23.9 Å². The number of hydrogen-bond donors (Lipinski definition) is 3. The van der Waals surface area contributed by atoms with Gasteiger partial charge in [-0.05, 0) is 26.0 Å². The number of pyridine rings is 1. The second-order valence-corrected chi connectivity index (χ2v) is 4.96. The highest BCUT2D eigenvalue weighted by molar-refractivity contribution is 14.0. The van der Waals surface area contributed by atoms with Crippen LogP contribution in [0.15, 0.2) is 23.2 Å². The highest BCUT2D eigenvalue weighted by Crippen LogP contribution is 2.03. The summed E-state index contributed by atoms with van der Waals surface area (Å²) in [6, 6.07) is 5.65. The van der Waals surface area contributed by atoms with Crippen LogP contribution in [0.3, 0.4) is 0 Å². The fourth-order valence-electron chi connectivity index (χ4n) is 1.83. The average Bonchev–Trinajstić information content (AvgIpc) is 2.46. The first-order valence-electron chi connectivity index (χ1n) is 7.24. The Morgan fingerprint density at radius 1 is 1.43 bits per heavy atom. The minimum absolute atomic E-state index is 0. The fraction of sp³-hybridized carbons (Fsp3) is 0.533. The highest BCUT2D eigenvalue weighted by atomic mass is 127. The maximum Gasteiger partial charge on any atom is 0.227 e. The zero-order valence-electron chi connectivity index (χ0n) is 14.0. The fourth-order valence-corrected chi connectivity index (χ4v) is 1.83. The number of aryl methyl sites for hydroxylation is 1. The van der Waals surface area contributed by atoms with Crippen LogP contribution in [0.25, 0.3) is 0 Å². The standard InChI is InChI=1S/C15H25N5O2.HI/c1-11-6-5-7-13(18-11)20-14(21)8-9-17-15(16-3)19-12(2)10-22-4;/h5-7,12H,8-10H2,1-4H3,(H2,16,17,19)(H,18,20,21);1H. The van der Waals surface area contributed by atoms with Gasteiger partial charge in [0.15, 0.2) is 5.96 Å². The molecule has 0 saturated carbocycles. The van der Waals surface area contributed by atoms with E-state index in [2.05, 4.69) is 25.9 Å². The van der Waals surface area contributed by atoms with Gasteiger partial charge in [0.05, 0.1) is 6.61 Å². The first kappa shape index (κ1) is 21.6. The van der Waals surface area contributed by atoms with Gasteiger partial charge in [0.2, 0.25) is 5.91 Å². The molecule has 0 aliphatic rings. The molecule has 1 unspecified atom stereocenters. The van der Waals surface area contributed by atoms with Gasteiger partial charge in [-0.25, -0.2) is 4.98 Å². The number of amides is 1. The molecule has 130 valence electrons. The minimum Gasteiger partial charge on any atom is -0.383 e. The van der Waals surface area contributed by atoms with Gasteiger partial charge in [0.25, 0.3) is 0 Å². The van der Waals surface area contributed by atoms with Gasteiger partial charge >= 0.3 is 0 Å². The Labute approximate surface area is 154 Å². The lowest BCUT2D eigenvalue weighted by Gasteiger charge is -2.17. The number of halogens is 1. The van der Waals surface area contributed by atoms with E-state index in [1.807, 2.05) is 26.0 Å². The molecule has 1 heterocycles. The van der Waals surface area contributed by atoms with Gasteiger partial charge in [-0.15, -0.1) is 24.0 Å². The maximum atomic E-state index is 11.8. The van der Waals surface area contributed by atoms with E-state index < -0.39 is 0 Å². The zero-order valence-corrected chi connectivity index (χ0v) is 16.4. The molecule has 0 radical (unpaired) electrons. The average molecular weight is 435 g/mol. The Morgan fingerprint density at radius 2 is 2.17 bits per heavy atom. The van der Waals surface area contributed by atoms with Crippen LogP contribution in [0.1, 0.15) is 19.0 Å². The van der Waals surface area contributed by atoms with Crippen LogP contribution in [0.2, 0.25) is 0 Å². The first-order chi connectivity index (χ1) is 10.5. The summed E-state index contributed by atoms with van der Waals surface area (Å²) in [6.07, 6.45) is 0.328. The van der Waals surface area contributed by atoms with Gasteiger partial charge in [0, 0.05) is 38.9 Å². The summed E-state index contributed by atoms with van der Waals surface area (Å²) in [6.45, 7) is 4.94. The van der Waals surface area contributed by atoms with E-state index in [-0.39, 0.29) is 35.9 Å². The van der Waals surface area contributed by atoms with Crippen LogP contribution >= 0.6 is 24.0 Å². The second kappa shape index (κ2) is 12.1. The predicted molar refractivity (Wildman–Crippen MR) is 103 cm³/mol. The number of anilines is 1. The molecular weight excluding hydrogens is 409 g/mol. The van der Waals surface area contributed by atoms with E-state index in [0.29, 0.717) is 31.3 Å². The highest BCUT2D eigenvalue weighted by Gasteiger charge is 2.06. The number of carbonyl (C=O) groups excluding carboxylic acids is 1. The molecule has 0 fully saturated rings. The van der Waals surface area contributed by atoms with Gasteiger partial charge in [-0.1, -0.05) is 6.07 Å². The molecule has 0 spiro atoms. The molecule has 1 atom stereocenters. The van der Waals surface area contributed by atoms with E-state index in [1.165, 1.54) is 0 Å². The second-order valence-electron chi connectivity index (χ2n) is 4.96. The number of nitrogens with one attached hydrogen (secondary N) is 3. The number of aromatic nitrogens is 1. The quantitative estimate of drug-likeness (QED) is 0.344. The van der Waals surface area contributed by atoms with E-state index in [0.717, 1.165) is 5.69 Å². The van der Waals surface area contributed by atoms with Crippen molar-refractivity contribution in [2.75, 3.05) is 32.6 Å². The van der Waals surface area contributed by atoms with Crippen molar-refractivity contribution in [1.29, 1.82) is 0 Å². The minimum atomic E-state index is -0.0917. The Morgan fingerprint density at radius 3 is 2.78 bits per heavy atom. The molecule has 0 aromatic carbocycles. The number of rotatable bonds is 7. The normalized spacial score (nSPS) is 12.1. The Balaban J connectivity index is 0.00000484. The lowest BCUT2D eigenvalue weighted by molar-refractivity contribution is -0.116. The van der Waals surface area contributed by atoms with Gasteiger partial charge in [0.1, 0.15) is 5.82 Å². The van der Waals surface area contributed by atoms with Gasteiger partial charge in [-0.2, -0.15) is 0 Å². The van der Waals surface area contributed by atoms with Crippen LogP contribution < -0.4 is 16.0 Å². The van der Waals surface area contributed by atoms with Crippen molar-refractivity contribution in [3.63, 3.8) is 0 Å². The molecule has 1 amide bonds. The topological polar surface area (TPSA) is 87.6 Å². The van der Waals surface area contributed by atoms with Crippen molar-refractivity contribution in [3.8, 4) is 0 Å². The van der Waals surface area contributed by atoms with Gasteiger partial charge in [-0.3, -0.25) is 9.79 Å². The van der Waals surface area contributed by atoms with E-state index in [1.54, 1.807) is 20.2 Å². The smallest absolute Gasteiger partial charge is 0.227 e. The third kappa shape index (κ3) is 9.34. The number of hydrogen-bond acceptors (Lipinski definition) is 4. The zero-order chi connectivity index (χ0) is 16.4. The molecule has 23 heavy (non-hydrogen) atoms. The maximum absolute atomic E-state index is 11.8. The van der Waals surface area contributed by atoms with Crippen molar-refractivity contribution in [2.24, 2.45) is 4.99 Å². The Bertz CT molecular complexity index is 510. The van der Waals surface area contributed by atoms with E-state index >= 15 is 0 Å². The Kier molecular flexibility index (Phi) is 11.3. The molecule has 7 nitrogen and oxygen atoms in total. The summed E-state index contributed by atoms with van der Waals surface area (Å²) in [4.78, 5) is 20.2. The predicted octanol–water partition coefficient (Wildman–Crippen LogP) is 1.54. The molecule has 3 N–H and O–H groups in total. The molecule has 0 bridgehead atoms. The third-order valence-electron chi connectivity index (χ3n) is 2.82. The molecular formula is C15H26IN5O2. The molecule has 1 rings (SSSR count). The van der Waals surface area contributed by atoms with Crippen LogP contribution in [0.4, 0.5) is 5.82 Å². The summed E-state index contributed by atoms with van der Waals surface area (Å²) < 4.78 is 5.05. The third-order valence-corrected chi connectivity index (χ3v) is 2.82. The summed E-state index contributed by atoms with van der Waals surface area (Å²) >= 11 is 0. The number of methoxy groups -OCH3 is 1. The van der Waals surface area contributed by atoms with Crippen molar-refractivity contribution >= 4 is 41.7 Å². The van der Waals surface area contributed by atoms with Crippen LogP contribution in [-0.4, -0.2) is 50.2 Å². The summed E-state index contributed by atoms with van der Waals surface area (Å²) in [5, 5.41) is 9.02. The SMILES string of the molecule is CN=C(NCCC(=O)Nc1cccc(C)n1)NC(C)COC.I. The lowest BCUT2D eigenvalue weighted by atomic mass is 10.3. The summed E-state index contributed by atoms with van der Waals surface area (Å²) in [7, 11) is 3.34.